The Hall–Kier alpha value is -0.932. The number of aromatic nitrogens is 2. The predicted molar refractivity (Wildman–Crippen MR) is 127 cm³/mol. The Balaban J connectivity index is 0.000000483. The molecule has 2 aromatic rings. The van der Waals surface area contributed by atoms with Crippen LogP contribution >= 0.6 is 23.5 Å². The van der Waals surface area contributed by atoms with Crippen LogP contribution in [0, 0.1) is 0 Å². The average molecular weight is 622 g/mol. The van der Waals surface area contributed by atoms with Crippen molar-refractivity contribution in [3.05, 3.63) is 58.9 Å². The maximum absolute atomic E-state index is 4.08. The monoisotopic (exact) mass is 621 g/mol. The number of rotatable bonds is 4. The van der Waals surface area contributed by atoms with E-state index in [0.29, 0.717) is 8.64 Å². The van der Waals surface area contributed by atoms with Crippen LogP contribution in [-0.4, -0.2) is 42.7 Å². The molecule has 0 unspecified atom stereocenters. The molecule has 0 aliphatic carbocycles. The van der Waals surface area contributed by atoms with E-state index in [2.05, 4.69) is 45.5 Å². The van der Waals surface area contributed by atoms with Crippen LogP contribution in [-0.2, 0) is 59.6 Å². The first-order valence-corrected chi connectivity index (χ1v) is 10.7. The molecule has 0 aliphatic rings. The van der Waals surface area contributed by atoms with E-state index in [0.717, 1.165) is 11.4 Å². The minimum atomic E-state index is 0. The van der Waals surface area contributed by atoms with Crippen LogP contribution in [0.2, 0.25) is 0 Å². The van der Waals surface area contributed by atoms with Gasteiger partial charge >= 0.3 is 0 Å². The van der Waals surface area contributed by atoms with Gasteiger partial charge in [0.1, 0.15) is 0 Å². The number of aryl methyl sites for hydroxylation is 2. The third-order valence-corrected chi connectivity index (χ3v) is 5.17. The van der Waals surface area contributed by atoms with Gasteiger partial charge in [-0.15, -0.1) is 0 Å². The number of nitrogens with zero attached hydrogens (tertiary/aromatic N) is 6. The summed E-state index contributed by atoms with van der Waals surface area (Å²) in [5, 5.41) is 7.78. The van der Waals surface area contributed by atoms with E-state index in [1.54, 1.807) is 12.4 Å². The summed E-state index contributed by atoms with van der Waals surface area (Å²) >= 11 is 11.1. The van der Waals surface area contributed by atoms with Crippen LogP contribution in [0.1, 0.15) is 11.4 Å². The van der Waals surface area contributed by atoms with E-state index in [1.807, 2.05) is 72.4 Å². The van der Waals surface area contributed by atoms with Crippen LogP contribution in [0.3, 0.4) is 0 Å². The van der Waals surface area contributed by atoms with Crippen molar-refractivity contribution in [2.24, 2.45) is 24.3 Å². The van der Waals surface area contributed by atoms with Gasteiger partial charge in [-0.3, -0.25) is 0 Å². The van der Waals surface area contributed by atoms with E-state index in [1.165, 1.54) is 23.5 Å². The van der Waals surface area contributed by atoms with Gasteiger partial charge in [0.2, 0.25) is 0 Å². The fourth-order valence-corrected chi connectivity index (χ4v) is 1.93. The SMILES string of the molecule is CSC(=[SH+])[N-]N=Cc1cccn1C.CSC(=[SH+])[N-]N=Cc1cccn1C.[Pt]. The zero-order valence-corrected chi connectivity index (χ0v) is 21.0. The Labute approximate surface area is 193 Å². The molecule has 2 rings (SSSR count). The van der Waals surface area contributed by atoms with Crippen LogP contribution in [0.4, 0.5) is 0 Å². The van der Waals surface area contributed by atoms with Gasteiger partial charge in [0.05, 0.1) is 11.4 Å². The van der Waals surface area contributed by atoms with E-state index in [4.69, 9.17) is 0 Å². The average Bonchev–Trinajstić information content (AvgIpc) is 3.23. The van der Waals surface area contributed by atoms with Crippen molar-refractivity contribution in [1.82, 2.24) is 9.13 Å². The van der Waals surface area contributed by atoms with Crippen molar-refractivity contribution < 1.29 is 21.1 Å². The second-order valence-corrected chi connectivity index (χ2v) is 7.79. The second kappa shape index (κ2) is 15.0. The molecule has 2 heterocycles. The molecule has 150 valence electrons. The van der Waals surface area contributed by atoms with Gasteiger partial charge in [-0.05, 0) is 36.8 Å². The van der Waals surface area contributed by atoms with Crippen molar-refractivity contribution in [3.8, 4) is 0 Å². The summed E-state index contributed by atoms with van der Waals surface area (Å²) in [6, 6.07) is 7.86. The van der Waals surface area contributed by atoms with Crippen LogP contribution in [0.25, 0.3) is 10.9 Å². The fraction of sp³-hybridized carbons (Fsp3) is 0.250. The molecular weight excluding hydrogens is 600 g/mol. The van der Waals surface area contributed by atoms with Crippen molar-refractivity contribution in [1.29, 1.82) is 0 Å². The van der Waals surface area contributed by atoms with Crippen molar-refractivity contribution in [2.45, 2.75) is 0 Å². The van der Waals surface area contributed by atoms with Gasteiger partial charge in [0.15, 0.2) is 33.1 Å². The van der Waals surface area contributed by atoms with E-state index in [-0.39, 0.29) is 21.1 Å². The smallest absolute Gasteiger partial charge is 0.174 e. The molecule has 0 atom stereocenters. The van der Waals surface area contributed by atoms with Crippen molar-refractivity contribution in [3.63, 3.8) is 0 Å². The summed E-state index contributed by atoms with van der Waals surface area (Å²) in [4.78, 5) is 0. The van der Waals surface area contributed by atoms with Gasteiger partial charge in [-0.2, -0.15) is 0 Å². The zero-order valence-electron chi connectivity index (χ0n) is 15.3. The molecular formula is C16H22N6PtS4. The standard InChI is InChI=1S/2C8H11N3S2.Pt/c2*1-11-5-3-4-7(11)6-9-10-8(12)13-2;/h2*3-6H,1-2H3,(H,10,12);. The molecule has 0 saturated carbocycles. The first-order valence-electron chi connectivity index (χ1n) is 7.38. The molecule has 0 amide bonds. The van der Waals surface area contributed by atoms with Crippen LogP contribution in [0.15, 0.2) is 46.9 Å². The maximum Gasteiger partial charge on any atom is 0.174 e. The molecule has 0 fully saturated rings. The molecule has 0 aromatic carbocycles. The first kappa shape index (κ1) is 26.1. The number of thiol groups is 2. The number of hydrogen-bond acceptors (Lipinski definition) is 4. The zero-order chi connectivity index (χ0) is 19.4. The molecule has 0 saturated heterocycles. The van der Waals surface area contributed by atoms with Gasteiger partial charge in [-0.1, -0.05) is 23.5 Å². The summed E-state index contributed by atoms with van der Waals surface area (Å²) in [6.07, 6.45) is 11.1. The van der Waals surface area contributed by atoms with Crippen molar-refractivity contribution in [2.75, 3.05) is 12.5 Å². The summed E-state index contributed by atoms with van der Waals surface area (Å²) in [5.74, 6) is 0. The predicted octanol–water partition coefficient (Wildman–Crippen LogP) is 2.92. The van der Waals surface area contributed by atoms with E-state index < -0.39 is 0 Å². The summed E-state index contributed by atoms with van der Waals surface area (Å²) in [5.41, 5.74) is 9.76. The Morgan fingerprint density at radius 3 is 1.52 bits per heavy atom. The molecule has 0 aliphatic heterocycles. The van der Waals surface area contributed by atoms with Gasteiger partial charge in [0.25, 0.3) is 0 Å². The largest absolute Gasteiger partial charge is 0.520 e. The minimum Gasteiger partial charge on any atom is -0.520 e. The van der Waals surface area contributed by atoms with Crippen LogP contribution < -0.4 is 0 Å². The summed E-state index contributed by atoms with van der Waals surface area (Å²) < 4.78 is 5.25. The molecule has 0 radical (unpaired) electrons. The number of thioether (sulfide) groups is 2. The van der Waals surface area contributed by atoms with E-state index in [9.17, 15) is 0 Å². The Kier molecular flexibility index (Phi) is 14.5. The van der Waals surface area contributed by atoms with Crippen LogP contribution in [0.5, 0.6) is 0 Å². The topological polar surface area (TPSA) is 62.8 Å². The Morgan fingerprint density at radius 2 is 1.26 bits per heavy atom. The summed E-state index contributed by atoms with van der Waals surface area (Å²) in [7, 11) is 3.92. The molecule has 2 aromatic heterocycles. The molecule has 6 nitrogen and oxygen atoms in total. The first-order chi connectivity index (χ1) is 12.5. The molecule has 27 heavy (non-hydrogen) atoms. The van der Waals surface area contributed by atoms with Gasteiger partial charge in [0, 0.05) is 60.0 Å². The van der Waals surface area contributed by atoms with Gasteiger partial charge < -0.3 is 30.2 Å². The molecule has 0 spiro atoms. The quantitative estimate of drug-likeness (QED) is 0.173. The molecule has 11 heteroatoms. The minimum absolute atomic E-state index is 0. The molecule has 0 bridgehead atoms. The van der Waals surface area contributed by atoms with E-state index >= 15 is 0 Å². The fourth-order valence-electron chi connectivity index (χ4n) is 1.57. The third kappa shape index (κ3) is 10.8. The molecule has 0 N–H and O–H groups in total. The maximum atomic E-state index is 4.08. The number of hydrogen-bond donors (Lipinski definition) is 0. The van der Waals surface area contributed by atoms with Crippen molar-refractivity contribution >= 4 is 69.0 Å². The van der Waals surface area contributed by atoms with Gasteiger partial charge in [-0.25, -0.2) is 0 Å². The Bertz CT molecular complexity index is 704. The second-order valence-electron chi connectivity index (χ2n) is 4.75. The normalized spacial score (nSPS) is 10.2. The third-order valence-electron chi connectivity index (χ3n) is 3.00. The summed E-state index contributed by atoms with van der Waals surface area (Å²) in [6.45, 7) is 0. The Morgan fingerprint density at radius 1 is 0.889 bits per heavy atom.